The lowest BCUT2D eigenvalue weighted by Gasteiger charge is -2.31. The zero-order valence-electron chi connectivity index (χ0n) is 17.7. The number of amides is 1. The molecule has 0 radical (unpaired) electrons. The second-order valence-electron chi connectivity index (χ2n) is 8.50. The Morgan fingerprint density at radius 2 is 2.00 bits per heavy atom. The van der Waals surface area contributed by atoms with E-state index in [-0.39, 0.29) is 0 Å². The van der Waals surface area contributed by atoms with E-state index in [2.05, 4.69) is 30.7 Å². The molecule has 1 aliphatic heterocycles. The molecule has 5 nitrogen and oxygen atoms in total. The van der Waals surface area contributed by atoms with Gasteiger partial charge in [-0.15, -0.1) is 0 Å². The van der Waals surface area contributed by atoms with Crippen LogP contribution in [0.25, 0.3) is 0 Å². The molecule has 1 aromatic rings. The maximum Gasteiger partial charge on any atom is 0.222 e. The fraction of sp³-hybridized carbons (Fsp3) is 0.609. The molecule has 2 fully saturated rings. The average Bonchev–Trinajstić information content (AvgIpc) is 3.04. The highest BCUT2D eigenvalue weighted by Crippen LogP contribution is 2.40. The number of likely N-dealkylation sites (tertiary alicyclic amines) is 1. The summed E-state index contributed by atoms with van der Waals surface area (Å²) < 4.78 is 11.6. The lowest BCUT2D eigenvalue weighted by atomic mass is 9.88. The Morgan fingerprint density at radius 1 is 1.25 bits per heavy atom. The molecule has 0 bridgehead atoms. The van der Waals surface area contributed by atoms with Crippen LogP contribution < -0.4 is 9.47 Å². The number of benzene rings is 1. The molecule has 1 saturated carbocycles. The van der Waals surface area contributed by atoms with E-state index < -0.39 is 0 Å². The Labute approximate surface area is 169 Å². The van der Waals surface area contributed by atoms with Crippen molar-refractivity contribution in [2.24, 2.45) is 11.8 Å². The van der Waals surface area contributed by atoms with Gasteiger partial charge in [0.25, 0.3) is 0 Å². The minimum atomic E-state index is 0.302. The van der Waals surface area contributed by atoms with Crippen LogP contribution in [0.15, 0.2) is 30.4 Å². The van der Waals surface area contributed by atoms with Gasteiger partial charge >= 0.3 is 0 Å². The average molecular weight is 387 g/mol. The Hall–Kier alpha value is -2.01. The number of carbonyl (C=O) groups is 1. The standard InChI is InChI=1S/C23H34N2O3/c1-6-27-22-9-17(7-8-21(22)28-15-16(2)3)13-24(4)20-10-18-12-23(26)25(5)14-19(18)11-20/h7-9,18-20H,2,6,10-15H2,1,3-5H3/t18-,19+,20-/m1/s1. The van der Waals surface area contributed by atoms with Crippen molar-refractivity contribution in [2.75, 3.05) is 33.9 Å². The van der Waals surface area contributed by atoms with Crippen molar-refractivity contribution in [3.63, 3.8) is 0 Å². The molecule has 3 rings (SSSR count). The first-order chi connectivity index (χ1) is 13.4. The molecular formula is C23H34N2O3. The molecule has 0 unspecified atom stereocenters. The van der Waals surface area contributed by atoms with Crippen LogP contribution in [0.4, 0.5) is 0 Å². The number of hydrogen-bond donors (Lipinski definition) is 0. The van der Waals surface area contributed by atoms with Crippen molar-refractivity contribution in [3.05, 3.63) is 35.9 Å². The van der Waals surface area contributed by atoms with E-state index in [0.717, 1.165) is 43.0 Å². The zero-order chi connectivity index (χ0) is 20.3. The van der Waals surface area contributed by atoms with Crippen LogP contribution in [0.3, 0.4) is 0 Å². The molecular weight excluding hydrogens is 352 g/mol. The highest BCUT2D eigenvalue weighted by molar-refractivity contribution is 5.77. The minimum absolute atomic E-state index is 0.302. The largest absolute Gasteiger partial charge is 0.490 e. The van der Waals surface area contributed by atoms with E-state index in [4.69, 9.17) is 9.47 Å². The summed E-state index contributed by atoms with van der Waals surface area (Å²) >= 11 is 0. The van der Waals surface area contributed by atoms with E-state index in [1.807, 2.05) is 31.9 Å². The van der Waals surface area contributed by atoms with Crippen molar-refractivity contribution in [1.29, 1.82) is 0 Å². The van der Waals surface area contributed by atoms with Crippen LogP contribution in [0.5, 0.6) is 11.5 Å². The molecule has 1 amide bonds. The van der Waals surface area contributed by atoms with Gasteiger partial charge in [0, 0.05) is 32.6 Å². The maximum absolute atomic E-state index is 12.0. The summed E-state index contributed by atoms with van der Waals surface area (Å²) in [5.74, 6) is 3.06. The second-order valence-corrected chi connectivity index (χ2v) is 8.50. The molecule has 0 aromatic heterocycles. The monoisotopic (exact) mass is 386 g/mol. The quantitative estimate of drug-likeness (QED) is 0.639. The molecule has 154 valence electrons. The van der Waals surface area contributed by atoms with Crippen LogP contribution in [0.1, 0.15) is 38.7 Å². The molecule has 0 N–H and O–H groups in total. The summed E-state index contributed by atoms with van der Waals surface area (Å²) in [6.45, 7) is 10.7. The molecule has 1 aliphatic carbocycles. The fourth-order valence-corrected chi connectivity index (χ4v) is 4.50. The molecule has 1 aromatic carbocycles. The molecule has 3 atom stereocenters. The van der Waals surface area contributed by atoms with Crippen molar-refractivity contribution in [2.45, 2.75) is 45.7 Å². The van der Waals surface area contributed by atoms with Crippen molar-refractivity contribution in [3.8, 4) is 11.5 Å². The number of carbonyl (C=O) groups excluding carboxylic acids is 1. The third-order valence-electron chi connectivity index (χ3n) is 6.02. The van der Waals surface area contributed by atoms with Gasteiger partial charge in [0.2, 0.25) is 5.91 Å². The fourth-order valence-electron chi connectivity index (χ4n) is 4.50. The molecule has 0 spiro atoms. The van der Waals surface area contributed by atoms with Gasteiger partial charge in [-0.1, -0.05) is 12.6 Å². The first-order valence-corrected chi connectivity index (χ1v) is 10.3. The van der Waals surface area contributed by atoms with Gasteiger partial charge in [-0.3, -0.25) is 9.69 Å². The maximum atomic E-state index is 12.0. The number of hydrogen-bond acceptors (Lipinski definition) is 4. The third kappa shape index (κ3) is 4.88. The molecule has 1 heterocycles. The highest BCUT2D eigenvalue weighted by Gasteiger charge is 2.41. The smallest absolute Gasteiger partial charge is 0.222 e. The van der Waals surface area contributed by atoms with E-state index in [9.17, 15) is 4.79 Å². The van der Waals surface area contributed by atoms with Crippen molar-refractivity contribution in [1.82, 2.24) is 9.80 Å². The topological polar surface area (TPSA) is 42.0 Å². The van der Waals surface area contributed by atoms with E-state index in [1.165, 1.54) is 12.0 Å². The zero-order valence-corrected chi connectivity index (χ0v) is 17.7. The number of fused-ring (bicyclic) bond motifs is 1. The van der Waals surface area contributed by atoms with Gasteiger partial charge in [0.1, 0.15) is 6.61 Å². The number of ether oxygens (including phenoxy) is 2. The van der Waals surface area contributed by atoms with Crippen LogP contribution in [-0.4, -0.2) is 55.6 Å². The minimum Gasteiger partial charge on any atom is -0.490 e. The van der Waals surface area contributed by atoms with Gasteiger partial charge < -0.3 is 14.4 Å². The summed E-state index contributed by atoms with van der Waals surface area (Å²) in [5, 5.41) is 0. The summed E-state index contributed by atoms with van der Waals surface area (Å²) in [6.07, 6.45) is 3.02. The Kier molecular flexibility index (Phi) is 6.65. The van der Waals surface area contributed by atoms with Gasteiger partial charge in [-0.2, -0.15) is 0 Å². The van der Waals surface area contributed by atoms with E-state index >= 15 is 0 Å². The number of piperidine rings is 1. The van der Waals surface area contributed by atoms with E-state index in [0.29, 0.717) is 37.0 Å². The lowest BCUT2D eigenvalue weighted by molar-refractivity contribution is -0.134. The van der Waals surface area contributed by atoms with Gasteiger partial charge in [-0.05, 0) is 68.8 Å². The Morgan fingerprint density at radius 3 is 2.71 bits per heavy atom. The molecule has 2 aliphatic rings. The predicted octanol–water partition coefficient (Wildman–Crippen LogP) is 3.73. The van der Waals surface area contributed by atoms with Crippen molar-refractivity contribution >= 4 is 5.91 Å². The predicted molar refractivity (Wildman–Crippen MR) is 112 cm³/mol. The third-order valence-corrected chi connectivity index (χ3v) is 6.02. The summed E-state index contributed by atoms with van der Waals surface area (Å²) in [5.41, 5.74) is 2.20. The Balaban J connectivity index is 1.63. The summed E-state index contributed by atoms with van der Waals surface area (Å²) in [7, 11) is 4.13. The lowest BCUT2D eigenvalue weighted by Crippen LogP contribution is -2.39. The van der Waals surface area contributed by atoms with Crippen molar-refractivity contribution < 1.29 is 14.3 Å². The first-order valence-electron chi connectivity index (χ1n) is 10.3. The SMILES string of the molecule is C=C(C)COc1ccc(CN(C)[C@@H]2C[C@@H]3CC(=O)N(C)C[C@@H]3C2)cc1OCC. The second kappa shape index (κ2) is 8.99. The summed E-state index contributed by atoms with van der Waals surface area (Å²) in [4.78, 5) is 16.3. The highest BCUT2D eigenvalue weighted by atomic mass is 16.5. The first kappa shape index (κ1) is 20.7. The van der Waals surface area contributed by atoms with Crippen LogP contribution >= 0.6 is 0 Å². The van der Waals surface area contributed by atoms with Gasteiger partial charge in [0.15, 0.2) is 11.5 Å². The van der Waals surface area contributed by atoms with E-state index in [1.54, 1.807) is 0 Å². The van der Waals surface area contributed by atoms with Crippen LogP contribution in [-0.2, 0) is 11.3 Å². The van der Waals surface area contributed by atoms with Crippen LogP contribution in [0.2, 0.25) is 0 Å². The normalized spacial score (nSPS) is 24.4. The molecule has 28 heavy (non-hydrogen) atoms. The van der Waals surface area contributed by atoms with Crippen LogP contribution in [0, 0.1) is 11.8 Å². The van der Waals surface area contributed by atoms with Gasteiger partial charge in [0.05, 0.1) is 6.61 Å². The number of nitrogens with zero attached hydrogens (tertiary/aromatic N) is 2. The number of rotatable bonds is 8. The Bertz CT molecular complexity index is 718. The summed E-state index contributed by atoms with van der Waals surface area (Å²) in [6, 6.07) is 6.74. The molecule has 5 heteroatoms. The van der Waals surface area contributed by atoms with Gasteiger partial charge in [-0.25, -0.2) is 0 Å². The molecule has 1 saturated heterocycles.